The summed E-state index contributed by atoms with van der Waals surface area (Å²) in [6.45, 7) is 10.7. The highest BCUT2D eigenvalue weighted by Crippen LogP contribution is 2.10. The minimum absolute atomic E-state index is 0.701. The number of hydrogen-bond donors (Lipinski definition) is 0. The van der Waals surface area contributed by atoms with Gasteiger partial charge in [-0.3, -0.25) is 4.90 Å². The Labute approximate surface area is 83.1 Å². The number of alkyl halides is 1. The Morgan fingerprint density at radius 3 is 2.18 bits per heavy atom. The van der Waals surface area contributed by atoms with Gasteiger partial charge in [0.05, 0.1) is 4.05 Å². The average molecular weight is 268 g/mol. The van der Waals surface area contributed by atoms with E-state index in [-0.39, 0.29) is 0 Å². The first-order chi connectivity index (χ1) is 5.24. The quantitative estimate of drug-likeness (QED) is 0.424. The van der Waals surface area contributed by atoms with Crippen LogP contribution in [0.25, 0.3) is 0 Å². The van der Waals surface area contributed by atoms with E-state index < -0.39 is 0 Å². The van der Waals surface area contributed by atoms with Gasteiger partial charge in [-0.2, -0.15) is 0 Å². The molecule has 1 fully saturated rings. The standard InChI is InChI=1S/C8H17IN2/c1-3-10-4-6-11(7-5-10)8(2)9/h8H,3-7H2,1-2H3/t8-/m1/s1. The second kappa shape index (κ2) is 4.62. The number of piperazine rings is 1. The molecular formula is C8H17IN2. The zero-order chi connectivity index (χ0) is 8.27. The minimum Gasteiger partial charge on any atom is -0.301 e. The van der Waals surface area contributed by atoms with Crippen LogP contribution < -0.4 is 0 Å². The lowest BCUT2D eigenvalue weighted by Crippen LogP contribution is -2.47. The first-order valence-corrected chi connectivity index (χ1v) is 5.59. The van der Waals surface area contributed by atoms with Crippen LogP contribution in [0.15, 0.2) is 0 Å². The largest absolute Gasteiger partial charge is 0.301 e. The van der Waals surface area contributed by atoms with Gasteiger partial charge in [0.15, 0.2) is 0 Å². The van der Waals surface area contributed by atoms with Crippen molar-refractivity contribution in [3.63, 3.8) is 0 Å². The van der Waals surface area contributed by atoms with Gasteiger partial charge in [0.1, 0.15) is 0 Å². The second-order valence-electron chi connectivity index (χ2n) is 3.04. The number of halogens is 1. The lowest BCUT2D eigenvalue weighted by molar-refractivity contribution is 0.137. The molecule has 1 aliphatic heterocycles. The fraction of sp³-hybridized carbons (Fsp3) is 1.00. The van der Waals surface area contributed by atoms with Crippen LogP contribution in [0, 0.1) is 0 Å². The van der Waals surface area contributed by atoms with Crippen molar-refractivity contribution >= 4 is 22.6 Å². The third kappa shape index (κ3) is 2.87. The first-order valence-electron chi connectivity index (χ1n) is 4.34. The van der Waals surface area contributed by atoms with Crippen molar-refractivity contribution in [3.05, 3.63) is 0 Å². The molecule has 0 unspecified atom stereocenters. The van der Waals surface area contributed by atoms with Gasteiger partial charge in [-0.15, -0.1) is 0 Å². The van der Waals surface area contributed by atoms with Crippen LogP contribution >= 0.6 is 22.6 Å². The Bertz CT molecular complexity index is 109. The third-order valence-corrected chi connectivity index (χ3v) is 3.15. The molecule has 1 heterocycles. The summed E-state index contributed by atoms with van der Waals surface area (Å²) >= 11 is 2.49. The predicted molar refractivity (Wildman–Crippen MR) is 57.2 cm³/mol. The lowest BCUT2D eigenvalue weighted by Gasteiger charge is -2.35. The molecule has 0 saturated carbocycles. The molecule has 0 aromatic rings. The fourth-order valence-electron chi connectivity index (χ4n) is 1.44. The van der Waals surface area contributed by atoms with Crippen LogP contribution in [0.4, 0.5) is 0 Å². The molecular weight excluding hydrogens is 251 g/mol. The maximum Gasteiger partial charge on any atom is 0.0590 e. The molecule has 0 bridgehead atoms. The fourth-order valence-corrected chi connectivity index (χ4v) is 1.99. The van der Waals surface area contributed by atoms with E-state index in [0.717, 1.165) is 0 Å². The summed E-state index contributed by atoms with van der Waals surface area (Å²) in [5.74, 6) is 0. The molecule has 0 aliphatic carbocycles. The Morgan fingerprint density at radius 2 is 1.82 bits per heavy atom. The lowest BCUT2D eigenvalue weighted by atomic mass is 10.3. The highest BCUT2D eigenvalue weighted by atomic mass is 127. The number of rotatable bonds is 2. The Balaban J connectivity index is 2.24. The van der Waals surface area contributed by atoms with Gasteiger partial charge in [-0.05, 0) is 13.5 Å². The summed E-state index contributed by atoms with van der Waals surface area (Å²) < 4.78 is 0.701. The van der Waals surface area contributed by atoms with Crippen LogP contribution in [-0.4, -0.2) is 46.6 Å². The average Bonchev–Trinajstić information content (AvgIpc) is 2.05. The van der Waals surface area contributed by atoms with E-state index in [9.17, 15) is 0 Å². The maximum atomic E-state index is 2.53. The predicted octanol–water partition coefficient (Wildman–Crippen LogP) is 1.40. The summed E-state index contributed by atoms with van der Waals surface area (Å²) in [6, 6.07) is 0. The molecule has 1 atom stereocenters. The van der Waals surface area contributed by atoms with Crippen molar-refractivity contribution in [2.45, 2.75) is 17.9 Å². The highest BCUT2D eigenvalue weighted by molar-refractivity contribution is 14.1. The molecule has 0 spiro atoms. The van der Waals surface area contributed by atoms with Crippen molar-refractivity contribution in [1.29, 1.82) is 0 Å². The third-order valence-electron chi connectivity index (χ3n) is 2.36. The van der Waals surface area contributed by atoms with E-state index >= 15 is 0 Å². The van der Waals surface area contributed by atoms with Crippen LogP contribution in [0.3, 0.4) is 0 Å². The summed E-state index contributed by atoms with van der Waals surface area (Å²) in [7, 11) is 0. The van der Waals surface area contributed by atoms with Gasteiger partial charge in [0.25, 0.3) is 0 Å². The topological polar surface area (TPSA) is 6.48 Å². The van der Waals surface area contributed by atoms with Crippen molar-refractivity contribution in [3.8, 4) is 0 Å². The van der Waals surface area contributed by atoms with Gasteiger partial charge >= 0.3 is 0 Å². The Morgan fingerprint density at radius 1 is 1.27 bits per heavy atom. The van der Waals surface area contributed by atoms with E-state index in [0.29, 0.717) is 4.05 Å². The van der Waals surface area contributed by atoms with Gasteiger partial charge in [-0.25, -0.2) is 0 Å². The smallest absolute Gasteiger partial charge is 0.0590 e. The molecule has 0 amide bonds. The maximum absolute atomic E-state index is 2.53. The zero-order valence-corrected chi connectivity index (χ0v) is 9.54. The molecule has 11 heavy (non-hydrogen) atoms. The Hall–Kier alpha value is 0.650. The van der Waals surface area contributed by atoms with Gasteiger partial charge in [-0.1, -0.05) is 29.5 Å². The van der Waals surface area contributed by atoms with Crippen molar-refractivity contribution in [2.75, 3.05) is 32.7 Å². The molecule has 0 aromatic carbocycles. The monoisotopic (exact) mass is 268 g/mol. The minimum atomic E-state index is 0.701. The summed E-state index contributed by atoms with van der Waals surface area (Å²) in [6.07, 6.45) is 0. The summed E-state index contributed by atoms with van der Waals surface area (Å²) in [5.41, 5.74) is 0. The van der Waals surface area contributed by atoms with Crippen LogP contribution in [0.5, 0.6) is 0 Å². The molecule has 3 heteroatoms. The zero-order valence-electron chi connectivity index (χ0n) is 7.39. The van der Waals surface area contributed by atoms with E-state index in [4.69, 9.17) is 0 Å². The van der Waals surface area contributed by atoms with Gasteiger partial charge in [0, 0.05) is 26.2 Å². The Kier molecular flexibility index (Phi) is 4.09. The second-order valence-corrected chi connectivity index (χ2v) is 4.85. The van der Waals surface area contributed by atoms with Crippen LogP contribution in [-0.2, 0) is 0 Å². The van der Waals surface area contributed by atoms with Crippen LogP contribution in [0.1, 0.15) is 13.8 Å². The molecule has 0 N–H and O–H groups in total. The summed E-state index contributed by atoms with van der Waals surface area (Å²) in [4.78, 5) is 5.04. The van der Waals surface area contributed by atoms with Gasteiger partial charge in [0.2, 0.25) is 0 Å². The molecule has 0 aromatic heterocycles. The van der Waals surface area contributed by atoms with Crippen molar-refractivity contribution < 1.29 is 0 Å². The van der Waals surface area contributed by atoms with E-state index in [1.54, 1.807) is 0 Å². The SMILES string of the molecule is CCN1CCN([C@H](C)I)CC1. The summed E-state index contributed by atoms with van der Waals surface area (Å²) in [5, 5.41) is 0. The van der Waals surface area contributed by atoms with E-state index in [1.807, 2.05) is 0 Å². The van der Waals surface area contributed by atoms with Crippen LogP contribution in [0.2, 0.25) is 0 Å². The molecule has 1 rings (SSSR count). The first kappa shape index (κ1) is 9.74. The normalized spacial score (nSPS) is 25.4. The number of likely N-dealkylation sites (N-methyl/N-ethyl adjacent to an activating group) is 1. The molecule has 0 radical (unpaired) electrons. The molecule has 1 saturated heterocycles. The van der Waals surface area contributed by atoms with E-state index in [1.165, 1.54) is 32.7 Å². The molecule has 66 valence electrons. The van der Waals surface area contributed by atoms with Crippen molar-refractivity contribution in [2.24, 2.45) is 0 Å². The van der Waals surface area contributed by atoms with Crippen molar-refractivity contribution in [1.82, 2.24) is 9.80 Å². The number of hydrogen-bond acceptors (Lipinski definition) is 2. The number of nitrogens with zero attached hydrogens (tertiary/aromatic N) is 2. The molecule has 2 nitrogen and oxygen atoms in total. The molecule has 1 aliphatic rings. The van der Waals surface area contributed by atoms with E-state index in [2.05, 4.69) is 46.2 Å². The highest BCUT2D eigenvalue weighted by Gasteiger charge is 2.17. The van der Waals surface area contributed by atoms with Gasteiger partial charge < -0.3 is 4.90 Å².